The first kappa shape index (κ1) is 20.9. The number of nitrogens with zero attached hydrogens (tertiary/aromatic N) is 4. The lowest BCUT2D eigenvalue weighted by molar-refractivity contribution is -0.113. The summed E-state index contributed by atoms with van der Waals surface area (Å²) >= 11 is 1.40. The monoisotopic (exact) mass is 409 g/mol. The maximum absolute atomic E-state index is 12.3. The highest BCUT2D eigenvalue weighted by Crippen LogP contribution is 2.25. The second kappa shape index (κ2) is 9.60. The summed E-state index contributed by atoms with van der Waals surface area (Å²) in [6.07, 6.45) is 0.983. The maximum atomic E-state index is 12.3. The third kappa shape index (κ3) is 5.17. The minimum atomic E-state index is -0.0539. The molecule has 0 aliphatic heterocycles. The Kier molecular flexibility index (Phi) is 6.93. The molecule has 0 aliphatic carbocycles. The molecule has 2 aromatic carbocycles. The van der Waals surface area contributed by atoms with E-state index < -0.39 is 0 Å². The van der Waals surface area contributed by atoms with Gasteiger partial charge in [-0.05, 0) is 55.3 Å². The van der Waals surface area contributed by atoms with Gasteiger partial charge in [-0.15, -0.1) is 10.2 Å². The Morgan fingerprint density at radius 3 is 2.31 bits per heavy atom. The van der Waals surface area contributed by atoms with Crippen LogP contribution in [0.2, 0.25) is 0 Å². The van der Waals surface area contributed by atoms with Crippen molar-refractivity contribution in [3.63, 3.8) is 0 Å². The van der Waals surface area contributed by atoms with Crippen LogP contribution in [0.5, 0.6) is 0 Å². The summed E-state index contributed by atoms with van der Waals surface area (Å²) in [5.74, 6) is 1.05. The molecule has 6 nitrogen and oxygen atoms in total. The number of aryl methyl sites for hydroxylation is 1. The molecule has 0 unspecified atom stereocenters. The molecule has 1 heterocycles. The van der Waals surface area contributed by atoms with Gasteiger partial charge in [0.15, 0.2) is 11.0 Å². The Morgan fingerprint density at radius 2 is 1.72 bits per heavy atom. The van der Waals surface area contributed by atoms with Crippen LogP contribution in [-0.4, -0.2) is 40.5 Å². The maximum Gasteiger partial charge on any atom is 0.234 e. The lowest BCUT2D eigenvalue weighted by Crippen LogP contribution is -2.14. The summed E-state index contributed by atoms with van der Waals surface area (Å²) in [5.41, 5.74) is 4.21. The molecular formula is C22H27N5OS. The average molecular weight is 410 g/mol. The van der Waals surface area contributed by atoms with Crippen LogP contribution < -0.4 is 10.2 Å². The van der Waals surface area contributed by atoms with Gasteiger partial charge in [-0.3, -0.25) is 4.79 Å². The van der Waals surface area contributed by atoms with Gasteiger partial charge in [0.1, 0.15) is 0 Å². The largest absolute Gasteiger partial charge is 0.378 e. The van der Waals surface area contributed by atoms with E-state index in [9.17, 15) is 4.79 Å². The van der Waals surface area contributed by atoms with E-state index in [4.69, 9.17) is 0 Å². The Labute approximate surface area is 176 Å². The molecule has 0 fully saturated rings. The van der Waals surface area contributed by atoms with Crippen LogP contribution in [0, 0.1) is 0 Å². The lowest BCUT2D eigenvalue weighted by Gasteiger charge is -2.13. The molecule has 0 spiro atoms. The number of hydrogen-bond donors (Lipinski definition) is 1. The van der Waals surface area contributed by atoms with Crippen molar-refractivity contribution in [1.82, 2.24) is 14.8 Å². The molecule has 0 saturated heterocycles. The van der Waals surface area contributed by atoms with E-state index in [1.807, 2.05) is 55.1 Å². The molecule has 1 aromatic heterocycles. The number of carbonyl (C=O) groups excluding carboxylic acids is 1. The van der Waals surface area contributed by atoms with Gasteiger partial charge in [0.25, 0.3) is 0 Å². The van der Waals surface area contributed by atoms with E-state index in [0.29, 0.717) is 0 Å². The second-order valence-electron chi connectivity index (χ2n) is 6.88. The molecule has 152 valence electrons. The third-order valence-corrected chi connectivity index (χ3v) is 5.62. The third-order valence-electron chi connectivity index (χ3n) is 4.65. The number of nitrogens with one attached hydrogen (secondary N) is 1. The number of rotatable bonds is 8. The first-order chi connectivity index (χ1) is 14.0. The number of anilines is 2. The molecule has 3 rings (SSSR count). The standard InChI is InChI=1S/C22H27N5OS/c1-5-16-7-11-18(12-8-16)23-20(28)15-29-22-25-24-21(27(22)6-2)17-9-13-19(14-10-17)26(3)4/h7-14H,5-6,15H2,1-4H3,(H,23,28). The summed E-state index contributed by atoms with van der Waals surface area (Å²) in [6, 6.07) is 16.2. The first-order valence-corrected chi connectivity index (χ1v) is 10.7. The number of amides is 1. The summed E-state index contributed by atoms with van der Waals surface area (Å²) < 4.78 is 2.04. The number of hydrogen-bond acceptors (Lipinski definition) is 5. The van der Waals surface area contributed by atoms with Crippen LogP contribution in [-0.2, 0) is 17.8 Å². The Hall–Kier alpha value is -2.80. The molecule has 0 aliphatic rings. The fourth-order valence-electron chi connectivity index (χ4n) is 2.95. The number of aromatic nitrogens is 3. The minimum absolute atomic E-state index is 0.0539. The van der Waals surface area contributed by atoms with Crippen LogP contribution in [0.4, 0.5) is 11.4 Å². The fourth-order valence-corrected chi connectivity index (χ4v) is 3.76. The van der Waals surface area contributed by atoms with Gasteiger partial charge in [-0.25, -0.2) is 0 Å². The fraction of sp³-hybridized carbons (Fsp3) is 0.318. The van der Waals surface area contributed by atoms with Crippen molar-refractivity contribution >= 4 is 29.0 Å². The predicted molar refractivity (Wildman–Crippen MR) is 121 cm³/mol. The highest BCUT2D eigenvalue weighted by Gasteiger charge is 2.15. The van der Waals surface area contributed by atoms with Crippen LogP contribution in [0.1, 0.15) is 19.4 Å². The second-order valence-corrected chi connectivity index (χ2v) is 7.82. The highest BCUT2D eigenvalue weighted by atomic mass is 32.2. The molecule has 1 amide bonds. The molecule has 0 bridgehead atoms. The van der Waals surface area contributed by atoms with Crippen molar-refractivity contribution in [3.05, 3.63) is 54.1 Å². The minimum Gasteiger partial charge on any atom is -0.378 e. The average Bonchev–Trinajstić information content (AvgIpc) is 3.15. The molecule has 0 saturated carbocycles. The number of carbonyl (C=O) groups is 1. The van der Waals surface area contributed by atoms with Crippen molar-refractivity contribution in [2.24, 2.45) is 0 Å². The number of benzene rings is 2. The SMILES string of the molecule is CCc1ccc(NC(=O)CSc2nnc(-c3ccc(N(C)C)cc3)n2CC)cc1. The summed E-state index contributed by atoms with van der Waals surface area (Å²) in [7, 11) is 4.03. The zero-order valence-corrected chi connectivity index (χ0v) is 18.2. The van der Waals surface area contributed by atoms with Crippen LogP contribution in [0.25, 0.3) is 11.4 Å². The zero-order valence-electron chi connectivity index (χ0n) is 17.3. The van der Waals surface area contributed by atoms with Gasteiger partial charge in [0, 0.05) is 37.6 Å². The van der Waals surface area contributed by atoms with Crippen molar-refractivity contribution in [2.45, 2.75) is 32.0 Å². The van der Waals surface area contributed by atoms with Crippen molar-refractivity contribution in [3.8, 4) is 11.4 Å². The first-order valence-electron chi connectivity index (χ1n) is 9.74. The van der Waals surface area contributed by atoms with Gasteiger partial charge in [0.2, 0.25) is 5.91 Å². The summed E-state index contributed by atoms with van der Waals surface area (Å²) in [4.78, 5) is 14.4. The van der Waals surface area contributed by atoms with Crippen LogP contribution in [0.15, 0.2) is 53.7 Å². The quantitative estimate of drug-likeness (QED) is 0.561. The smallest absolute Gasteiger partial charge is 0.234 e. The van der Waals surface area contributed by atoms with Crippen molar-refractivity contribution in [1.29, 1.82) is 0 Å². The normalized spacial score (nSPS) is 10.8. The van der Waals surface area contributed by atoms with Gasteiger partial charge in [-0.1, -0.05) is 30.8 Å². The Bertz CT molecular complexity index is 948. The van der Waals surface area contributed by atoms with E-state index in [0.717, 1.165) is 40.9 Å². The Morgan fingerprint density at radius 1 is 1.03 bits per heavy atom. The Balaban J connectivity index is 1.65. The molecule has 0 radical (unpaired) electrons. The van der Waals surface area contributed by atoms with Crippen molar-refractivity contribution in [2.75, 3.05) is 30.1 Å². The van der Waals surface area contributed by atoms with Crippen LogP contribution >= 0.6 is 11.8 Å². The molecule has 7 heteroatoms. The summed E-state index contributed by atoms with van der Waals surface area (Å²) in [5, 5.41) is 12.3. The van der Waals surface area contributed by atoms with E-state index in [2.05, 4.69) is 46.4 Å². The predicted octanol–water partition coefficient (Wildman–Crippen LogP) is 4.32. The van der Waals surface area contributed by atoms with Crippen LogP contribution in [0.3, 0.4) is 0 Å². The van der Waals surface area contributed by atoms with Gasteiger partial charge in [-0.2, -0.15) is 0 Å². The van der Waals surface area contributed by atoms with Gasteiger partial charge < -0.3 is 14.8 Å². The highest BCUT2D eigenvalue weighted by molar-refractivity contribution is 7.99. The molecule has 29 heavy (non-hydrogen) atoms. The molecular weight excluding hydrogens is 382 g/mol. The molecule has 1 N–H and O–H groups in total. The molecule has 0 atom stereocenters. The van der Waals surface area contributed by atoms with E-state index in [1.165, 1.54) is 17.3 Å². The topological polar surface area (TPSA) is 63.1 Å². The van der Waals surface area contributed by atoms with Crippen molar-refractivity contribution < 1.29 is 4.79 Å². The zero-order chi connectivity index (χ0) is 20.8. The van der Waals surface area contributed by atoms with E-state index >= 15 is 0 Å². The van der Waals surface area contributed by atoms with Gasteiger partial charge in [0.05, 0.1) is 5.75 Å². The lowest BCUT2D eigenvalue weighted by atomic mass is 10.1. The van der Waals surface area contributed by atoms with E-state index in [-0.39, 0.29) is 11.7 Å². The van der Waals surface area contributed by atoms with E-state index in [1.54, 1.807) is 0 Å². The number of thioether (sulfide) groups is 1. The van der Waals surface area contributed by atoms with Gasteiger partial charge >= 0.3 is 0 Å². The summed E-state index contributed by atoms with van der Waals surface area (Å²) in [6.45, 7) is 4.90. The molecule has 3 aromatic rings.